The van der Waals surface area contributed by atoms with Crippen LogP contribution in [0.3, 0.4) is 0 Å². The van der Waals surface area contributed by atoms with Crippen LogP contribution in [0.25, 0.3) is 105 Å². The Bertz CT molecular complexity index is 3510. The second kappa shape index (κ2) is 12.5. The van der Waals surface area contributed by atoms with Crippen molar-refractivity contribution in [1.29, 1.82) is 0 Å². The Morgan fingerprint density at radius 1 is 0.246 bits per heavy atom. The molecule has 3 nitrogen and oxygen atoms in total. The normalized spacial score (nSPS) is 11.9. The first-order valence-electron chi connectivity index (χ1n) is 19.6. The van der Waals surface area contributed by atoms with Crippen LogP contribution in [-0.2, 0) is 0 Å². The lowest BCUT2D eigenvalue weighted by molar-refractivity contribution is 1.18. The molecule has 0 spiro atoms. The highest BCUT2D eigenvalue weighted by Gasteiger charge is 2.21. The molecule has 0 fully saturated rings. The van der Waals surface area contributed by atoms with E-state index < -0.39 is 0 Å². The molecule has 3 aromatic heterocycles. The van der Waals surface area contributed by atoms with Crippen LogP contribution in [0.1, 0.15) is 0 Å². The lowest BCUT2D eigenvalue weighted by Gasteiger charge is -2.15. The Morgan fingerprint density at radius 2 is 0.667 bits per heavy atom. The molecule has 0 aliphatic heterocycles. The fourth-order valence-electron chi connectivity index (χ4n) is 9.42. The van der Waals surface area contributed by atoms with Crippen molar-refractivity contribution in [2.45, 2.75) is 0 Å². The summed E-state index contributed by atoms with van der Waals surface area (Å²) in [6, 6.07) is 77.4. The van der Waals surface area contributed by atoms with Gasteiger partial charge in [0, 0.05) is 49.3 Å². The number of fused-ring (bicyclic) bond motifs is 9. The first-order valence-corrected chi connectivity index (χ1v) is 19.6. The third-order valence-corrected chi connectivity index (χ3v) is 11.8. The largest absolute Gasteiger partial charge is 0.309 e. The number of hydrogen-bond acceptors (Lipinski definition) is 0. The number of aromatic nitrogens is 3. The third-order valence-electron chi connectivity index (χ3n) is 11.8. The summed E-state index contributed by atoms with van der Waals surface area (Å²) >= 11 is 0. The van der Waals surface area contributed by atoms with Crippen LogP contribution in [0.4, 0.5) is 0 Å². The van der Waals surface area contributed by atoms with Gasteiger partial charge in [0.1, 0.15) is 0 Å². The van der Waals surface area contributed by atoms with Gasteiger partial charge in [-0.3, -0.25) is 0 Å². The van der Waals surface area contributed by atoms with Crippen LogP contribution in [0.5, 0.6) is 0 Å². The zero-order valence-electron chi connectivity index (χ0n) is 31.0. The molecule has 12 rings (SSSR count). The van der Waals surface area contributed by atoms with E-state index in [-0.39, 0.29) is 0 Å². The van der Waals surface area contributed by atoms with E-state index in [9.17, 15) is 0 Å². The number of benzene rings is 9. The van der Waals surface area contributed by atoms with Gasteiger partial charge in [0.25, 0.3) is 0 Å². The van der Waals surface area contributed by atoms with Crippen molar-refractivity contribution < 1.29 is 0 Å². The van der Waals surface area contributed by atoms with Crippen molar-refractivity contribution in [1.82, 2.24) is 13.7 Å². The highest BCUT2D eigenvalue weighted by molar-refractivity contribution is 6.17. The zero-order chi connectivity index (χ0) is 37.5. The topological polar surface area (TPSA) is 14.8 Å². The van der Waals surface area contributed by atoms with Crippen LogP contribution in [-0.4, -0.2) is 13.7 Å². The maximum absolute atomic E-state index is 2.47. The molecule has 0 bridgehead atoms. The second-order valence-electron chi connectivity index (χ2n) is 14.9. The average Bonchev–Trinajstić information content (AvgIpc) is 3.92. The molecule has 57 heavy (non-hydrogen) atoms. The maximum atomic E-state index is 2.47. The fourth-order valence-corrected chi connectivity index (χ4v) is 9.42. The molecule has 9 aromatic carbocycles. The summed E-state index contributed by atoms with van der Waals surface area (Å²) in [4.78, 5) is 0. The summed E-state index contributed by atoms with van der Waals surface area (Å²) in [7, 11) is 0. The summed E-state index contributed by atoms with van der Waals surface area (Å²) in [5.41, 5.74) is 15.5. The third kappa shape index (κ3) is 4.73. The van der Waals surface area contributed by atoms with Crippen LogP contribution in [0.15, 0.2) is 212 Å². The SMILES string of the molecule is c1ccc(-n2c3ccccc3c3cc(-c4ccc5c(c4)c4ccccc4n5-c4ccccc4-c4cccc5c4c4ccccc4n5-c4ccccc4)ccc32)cc1. The van der Waals surface area contributed by atoms with Gasteiger partial charge in [-0.05, 0) is 95.6 Å². The van der Waals surface area contributed by atoms with E-state index in [1.54, 1.807) is 0 Å². The Balaban J connectivity index is 1.06. The molecular formula is C54H35N3. The van der Waals surface area contributed by atoms with Gasteiger partial charge in [-0.2, -0.15) is 0 Å². The van der Waals surface area contributed by atoms with Gasteiger partial charge in [0.15, 0.2) is 0 Å². The van der Waals surface area contributed by atoms with Crippen molar-refractivity contribution in [2.75, 3.05) is 0 Å². The summed E-state index contributed by atoms with van der Waals surface area (Å²) in [6.45, 7) is 0. The smallest absolute Gasteiger partial charge is 0.0547 e. The minimum atomic E-state index is 1.16. The van der Waals surface area contributed by atoms with Crippen LogP contribution in [0.2, 0.25) is 0 Å². The molecule has 0 aliphatic rings. The van der Waals surface area contributed by atoms with Crippen molar-refractivity contribution in [3.63, 3.8) is 0 Å². The average molecular weight is 726 g/mol. The van der Waals surface area contributed by atoms with E-state index in [4.69, 9.17) is 0 Å². The summed E-state index contributed by atoms with van der Waals surface area (Å²) in [6.07, 6.45) is 0. The van der Waals surface area contributed by atoms with E-state index in [0.717, 1.165) is 11.4 Å². The van der Waals surface area contributed by atoms with Gasteiger partial charge < -0.3 is 13.7 Å². The van der Waals surface area contributed by atoms with Crippen molar-refractivity contribution in [2.24, 2.45) is 0 Å². The number of hydrogen-bond donors (Lipinski definition) is 0. The zero-order valence-corrected chi connectivity index (χ0v) is 31.0. The van der Waals surface area contributed by atoms with Gasteiger partial charge in [-0.1, -0.05) is 133 Å². The summed E-state index contributed by atoms with van der Waals surface area (Å²) < 4.78 is 7.24. The summed E-state index contributed by atoms with van der Waals surface area (Å²) in [5.74, 6) is 0. The van der Waals surface area contributed by atoms with E-state index in [1.807, 2.05) is 0 Å². The van der Waals surface area contributed by atoms with E-state index in [1.165, 1.54) is 93.4 Å². The van der Waals surface area contributed by atoms with E-state index >= 15 is 0 Å². The molecule has 12 aromatic rings. The monoisotopic (exact) mass is 725 g/mol. The quantitative estimate of drug-likeness (QED) is 0.168. The Kier molecular flexibility index (Phi) is 6.93. The molecule has 3 heteroatoms. The number of para-hydroxylation sites is 6. The molecule has 266 valence electrons. The van der Waals surface area contributed by atoms with E-state index in [2.05, 4.69) is 226 Å². The second-order valence-corrected chi connectivity index (χ2v) is 14.9. The van der Waals surface area contributed by atoms with Gasteiger partial charge in [0.2, 0.25) is 0 Å². The molecule has 0 saturated carbocycles. The summed E-state index contributed by atoms with van der Waals surface area (Å²) in [5, 5.41) is 7.50. The lowest BCUT2D eigenvalue weighted by atomic mass is 9.97. The van der Waals surface area contributed by atoms with Gasteiger partial charge in [-0.15, -0.1) is 0 Å². The van der Waals surface area contributed by atoms with Crippen molar-refractivity contribution >= 4 is 65.4 Å². The van der Waals surface area contributed by atoms with Crippen LogP contribution >= 0.6 is 0 Å². The highest BCUT2D eigenvalue weighted by Crippen LogP contribution is 2.43. The molecular weight excluding hydrogens is 691 g/mol. The fraction of sp³-hybridized carbons (Fsp3) is 0. The first-order chi connectivity index (χ1) is 28.3. The predicted octanol–water partition coefficient (Wildman–Crippen LogP) is 14.3. The molecule has 0 saturated heterocycles. The standard InChI is InChI=1S/C54H35N3/c1-3-16-38(17-4-1)55-47-25-11-8-21-41(47)45-34-36(30-32-51(45)55)37-31-33-52-46(35-37)42-22-9-13-27-49(42)57(52)48-26-12-7-20-40(48)43-24-15-29-53-54(43)44-23-10-14-28-50(44)56(53)39-18-5-2-6-19-39/h1-35H. The Labute approximate surface area is 329 Å². The molecule has 0 amide bonds. The minimum absolute atomic E-state index is 1.16. The van der Waals surface area contributed by atoms with Gasteiger partial charge in [0.05, 0.1) is 38.8 Å². The molecule has 0 N–H and O–H groups in total. The first kappa shape index (κ1) is 31.7. The van der Waals surface area contributed by atoms with Crippen molar-refractivity contribution in [3.05, 3.63) is 212 Å². The maximum Gasteiger partial charge on any atom is 0.0547 e. The lowest BCUT2D eigenvalue weighted by Crippen LogP contribution is -1.97. The molecule has 0 unspecified atom stereocenters. The molecule has 3 heterocycles. The van der Waals surface area contributed by atoms with Gasteiger partial charge >= 0.3 is 0 Å². The minimum Gasteiger partial charge on any atom is -0.309 e. The number of nitrogens with zero attached hydrogens (tertiary/aromatic N) is 3. The van der Waals surface area contributed by atoms with Crippen LogP contribution in [0, 0.1) is 0 Å². The van der Waals surface area contributed by atoms with Gasteiger partial charge in [-0.25, -0.2) is 0 Å². The molecule has 0 radical (unpaired) electrons. The van der Waals surface area contributed by atoms with Crippen LogP contribution < -0.4 is 0 Å². The highest BCUT2D eigenvalue weighted by atomic mass is 15.0. The predicted molar refractivity (Wildman–Crippen MR) is 240 cm³/mol. The molecule has 0 atom stereocenters. The number of rotatable bonds is 5. The Hall–Kier alpha value is -7.62. The molecule has 0 aliphatic carbocycles. The van der Waals surface area contributed by atoms with Crippen molar-refractivity contribution in [3.8, 4) is 39.3 Å². The van der Waals surface area contributed by atoms with E-state index in [0.29, 0.717) is 0 Å². The Morgan fingerprint density at radius 3 is 1.30 bits per heavy atom.